The maximum Gasteiger partial charge on any atom is 0.211 e. The lowest BCUT2D eigenvalue weighted by atomic mass is 10.0. The molecule has 1 N–H and O–H groups in total. The van der Waals surface area contributed by atoms with E-state index in [4.69, 9.17) is 4.74 Å². The van der Waals surface area contributed by atoms with Crippen molar-refractivity contribution in [3.63, 3.8) is 0 Å². The van der Waals surface area contributed by atoms with Crippen molar-refractivity contribution < 1.29 is 13.2 Å². The monoisotopic (exact) mass is 264 g/mol. The molecule has 0 spiro atoms. The number of sulfonamides is 1. The highest BCUT2D eigenvalue weighted by atomic mass is 32.2. The van der Waals surface area contributed by atoms with Gasteiger partial charge in [-0.15, -0.1) is 0 Å². The average molecular weight is 264 g/mol. The van der Waals surface area contributed by atoms with Crippen LogP contribution in [0.4, 0.5) is 0 Å². The van der Waals surface area contributed by atoms with E-state index in [0.717, 1.165) is 12.8 Å². The van der Waals surface area contributed by atoms with Crippen molar-refractivity contribution in [1.82, 2.24) is 9.62 Å². The molecule has 1 saturated heterocycles. The second kappa shape index (κ2) is 6.13. The van der Waals surface area contributed by atoms with Crippen molar-refractivity contribution in [2.24, 2.45) is 0 Å². The molecular formula is C11H24N2O3S. The first-order chi connectivity index (χ1) is 7.84. The third kappa shape index (κ3) is 4.54. The summed E-state index contributed by atoms with van der Waals surface area (Å²) < 4.78 is 29.5. The molecule has 6 heteroatoms. The number of hydrogen-bond donors (Lipinski definition) is 1. The lowest BCUT2D eigenvalue weighted by Gasteiger charge is -2.33. The van der Waals surface area contributed by atoms with Crippen LogP contribution < -0.4 is 5.32 Å². The summed E-state index contributed by atoms with van der Waals surface area (Å²) in [5.41, 5.74) is 0. The van der Waals surface area contributed by atoms with E-state index >= 15 is 0 Å². The lowest BCUT2D eigenvalue weighted by Crippen LogP contribution is -2.49. The maximum absolute atomic E-state index is 11.4. The van der Waals surface area contributed by atoms with Gasteiger partial charge in [0.15, 0.2) is 0 Å². The Hall–Kier alpha value is -0.170. The van der Waals surface area contributed by atoms with Gasteiger partial charge in [0.05, 0.1) is 12.4 Å². The molecule has 0 radical (unpaired) electrons. The van der Waals surface area contributed by atoms with Gasteiger partial charge >= 0.3 is 0 Å². The van der Waals surface area contributed by atoms with Crippen LogP contribution in [-0.4, -0.2) is 57.4 Å². The Kier molecular flexibility index (Phi) is 5.37. The van der Waals surface area contributed by atoms with Crippen LogP contribution in [0.2, 0.25) is 0 Å². The van der Waals surface area contributed by atoms with Crippen molar-refractivity contribution in [1.29, 1.82) is 0 Å². The molecule has 1 aliphatic rings. The van der Waals surface area contributed by atoms with Crippen LogP contribution in [-0.2, 0) is 14.8 Å². The fraction of sp³-hybridized carbons (Fsp3) is 1.00. The van der Waals surface area contributed by atoms with Crippen LogP contribution in [0.25, 0.3) is 0 Å². The topological polar surface area (TPSA) is 58.6 Å². The SMILES string of the molecule is COC(C)C(C)NC1CCN(S(C)(=O)=O)CC1. The number of piperidine rings is 1. The molecule has 17 heavy (non-hydrogen) atoms. The quantitative estimate of drug-likeness (QED) is 0.782. The second-order valence-electron chi connectivity index (χ2n) is 4.83. The molecule has 0 bridgehead atoms. The third-order valence-corrected chi connectivity index (χ3v) is 4.80. The highest BCUT2D eigenvalue weighted by Crippen LogP contribution is 2.14. The molecule has 5 nitrogen and oxygen atoms in total. The largest absolute Gasteiger partial charge is 0.380 e. The van der Waals surface area contributed by atoms with Crippen LogP contribution in [0.3, 0.4) is 0 Å². The average Bonchev–Trinajstić information content (AvgIpc) is 2.27. The maximum atomic E-state index is 11.4. The highest BCUT2D eigenvalue weighted by molar-refractivity contribution is 7.88. The van der Waals surface area contributed by atoms with Gasteiger partial charge in [0.1, 0.15) is 0 Å². The molecule has 0 aromatic carbocycles. The van der Waals surface area contributed by atoms with E-state index in [2.05, 4.69) is 12.2 Å². The molecule has 1 rings (SSSR count). The molecule has 0 aromatic rings. The fourth-order valence-electron chi connectivity index (χ4n) is 2.07. The van der Waals surface area contributed by atoms with Crippen molar-refractivity contribution in [2.75, 3.05) is 26.5 Å². The normalized spacial score (nSPS) is 23.5. The van der Waals surface area contributed by atoms with Crippen LogP contribution >= 0.6 is 0 Å². The van der Waals surface area contributed by atoms with Crippen molar-refractivity contribution in [3.8, 4) is 0 Å². The standard InChI is InChI=1S/C11H24N2O3S/c1-9(10(2)16-3)12-11-5-7-13(8-6-11)17(4,14)15/h9-12H,5-8H2,1-4H3. The summed E-state index contributed by atoms with van der Waals surface area (Å²) in [4.78, 5) is 0. The van der Waals surface area contributed by atoms with Gasteiger partial charge in [-0.25, -0.2) is 12.7 Å². The third-order valence-electron chi connectivity index (χ3n) is 3.50. The van der Waals surface area contributed by atoms with Gasteiger partial charge in [0.2, 0.25) is 10.0 Å². The van der Waals surface area contributed by atoms with Gasteiger partial charge in [0, 0.05) is 32.3 Å². The number of methoxy groups -OCH3 is 1. The number of nitrogens with zero attached hydrogens (tertiary/aromatic N) is 1. The molecule has 1 aliphatic heterocycles. The molecule has 0 saturated carbocycles. The summed E-state index contributed by atoms with van der Waals surface area (Å²) >= 11 is 0. The predicted molar refractivity (Wildman–Crippen MR) is 68.5 cm³/mol. The molecule has 1 heterocycles. The van der Waals surface area contributed by atoms with Gasteiger partial charge in [-0.1, -0.05) is 0 Å². The Bertz CT molecular complexity index is 324. The molecule has 2 atom stereocenters. The van der Waals surface area contributed by atoms with Crippen LogP contribution in [0.15, 0.2) is 0 Å². The Balaban J connectivity index is 2.38. The molecule has 0 aromatic heterocycles. The van der Waals surface area contributed by atoms with E-state index in [1.54, 1.807) is 11.4 Å². The van der Waals surface area contributed by atoms with E-state index in [0.29, 0.717) is 19.1 Å². The first kappa shape index (κ1) is 14.9. The van der Waals surface area contributed by atoms with Crippen LogP contribution in [0, 0.1) is 0 Å². The summed E-state index contributed by atoms with van der Waals surface area (Å²) in [5.74, 6) is 0. The minimum absolute atomic E-state index is 0.169. The van der Waals surface area contributed by atoms with Crippen LogP contribution in [0.5, 0.6) is 0 Å². The number of nitrogens with one attached hydrogen (secondary N) is 1. The second-order valence-corrected chi connectivity index (χ2v) is 6.81. The molecule has 2 unspecified atom stereocenters. The summed E-state index contributed by atoms with van der Waals surface area (Å²) in [7, 11) is -1.31. The van der Waals surface area contributed by atoms with Crippen molar-refractivity contribution in [2.45, 2.75) is 44.9 Å². The first-order valence-corrected chi connectivity index (χ1v) is 7.93. The van der Waals surface area contributed by atoms with Crippen LogP contribution in [0.1, 0.15) is 26.7 Å². The summed E-state index contributed by atoms with van der Waals surface area (Å²) in [6.07, 6.45) is 3.18. The molecule has 102 valence electrons. The Morgan fingerprint density at radius 1 is 1.29 bits per heavy atom. The zero-order chi connectivity index (χ0) is 13.1. The molecule has 0 aliphatic carbocycles. The molecule has 0 amide bonds. The molecule has 1 fully saturated rings. The Labute approximate surface area is 105 Å². The van der Waals surface area contributed by atoms with E-state index in [1.165, 1.54) is 6.26 Å². The Morgan fingerprint density at radius 3 is 2.24 bits per heavy atom. The van der Waals surface area contributed by atoms with E-state index in [-0.39, 0.29) is 12.1 Å². The minimum atomic E-state index is -3.02. The van der Waals surface area contributed by atoms with Crippen molar-refractivity contribution >= 4 is 10.0 Å². The van der Waals surface area contributed by atoms with Crippen molar-refractivity contribution in [3.05, 3.63) is 0 Å². The zero-order valence-corrected chi connectivity index (χ0v) is 12.0. The highest BCUT2D eigenvalue weighted by Gasteiger charge is 2.26. The smallest absolute Gasteiger partial charge is 0.211 e. The summed E-state index contributed by atoms with van der Waals surface area (Å²) in [6.45, 7) is 5.36. The van der Waals surface area contributed by atoms with Gasteiger partial charge in [-0.2, -0.15) is 0 Å². The number of ether oxygens (including phenoxy) is 1. The van der Waals surface area contributed by atoms with E-state index in [9.17, 15) is 8.42 Å². The first-order valence-electron chi connectivity index (χ1n) is 6.08. The van der Waals surface area contributed by atoms with E-state index in [1.807, 2.05) is 6.92 Å². The number of hydrogen-bond acceptors (Lipinski definition) is 4. The van der Waals surface area contributed by atoms with Gasteiger partial charge in [-0.3, -0.25) is 0 Å². The van der Waals surface area contributed by atoms with E-state index < -0.39 is 10.0 Å². The van der Waals surface area contributed by atoms with Gasteiger partial charge in [0.25, 0.3) is 0 Å². The fourth-order valence-corrected chi connectivity index (χ4v) is 2.94. The van der Waals surface area contributed by atoms with Gasteiger partial charge in [-0.05, 0) is 26.7 Å². The Morgan fingerprint density at radius 2 is 1.82 bits per heavy atom. The predicted octanol–water partition coefficient (Wildman–Crippen LogP) is 0.423. The number of rotatable bonds is 5. The zero-order valence-electron chi connectivity index (χ0n) is 11.1. The summed E-state index contributed by atoms with van der Waals surface area (Å²) in [5, 5.41) is 3.50. The minimum Gasteiger partial charge on any atom is -0.380 e. The van der Waals surface area contributed by atoms with Gasteiger partial charge < -0.3 is 10.1 Å². The lowest BCUT2D eigenvalue weighted by molar-refractivity contribution is 0.0810. The summed E-state index contributed by atoms with van der Waals surface area (Å²) in [6, 6.07) is 0.676. The molecular weight excluding hydrogens is 240 g/mol.